The van der Waals surface area contributed by atoms with Crippen molar-refractivity contribution in [1.82, 2.24) is 4.98 Å². The lowest BCUT2D eigenvalue weighted by molar-refractivity contribution is -0.360. The summed E-state index contributed by atoms with van der Waals surface area (Å²) in [6.07, 6.45) is -12.2. The highest BCUT2D eigenvalue weighted by atomic mass is 19.4. The number of halogens is 10. The van der Waals surface area contributed by atoms with Crippen molar-refractivity contribution in [3.8, 4) is 6.07 Å². The summed E-state index contributed by atoms with van der Waals surface area (Å²) in [5.41, 5.74) is -6.84. The van der Waals surface area contributed by atoms with Gasteiger partial charge in [-0.15, -0.1) is 0 Å². The maximum Gasteiger partial charge on any atom is 0.460 e. The molecule has 0 atom stereocenters. The van der Waals surface area contributed by atoms with Crippen molar-refractivity contribution in [3.63, 3.8) is 0 Å². The van der Waals surface area contributed by atoms with Gasteiger partial charge in [0.1, 0.15) is 11.8 Å². The first-order valence-corrected chi connectivity index (χ1v) is 5.39. The first-order valence-electron chi connectivity index (χ1n) is 5.39. The Balaban J connectivity index is 3.70. The lowest BCUT2D eigenvalue weighted by atomic mass is 10.0. The molecule has 0 unspecified atom stereocenters. The van der Waals surface area contributed by atoms with Crippen molar-refractivity contribution in [3.05, 3.63) is 28.6 Å². The van der Waals surface area contributed by atoms with Crippen LogP contribution in [0.4, 0.5) is 43.9 Å². The third-order valence-corrected chi connectivity index (χ3v) is 2.69. The fraction of sp³-hybridized carbons (Fsp3) is 0.455. The van der Waals surface area contributed by atoms with Gasteiger partial charge in [0.15, 0.2) is 0 Å². The third kappa shape index (κ3) is 3.04. The van der Waals surface area contributed by atoms with E-state index in [1.54, 1.807) is 0 Å². The van der Waals surface area contributed by atoms with Gasteiger partial charge >= 0.3 is 24.2 Å². The second kappa shape index (κ2) is 5.24. The van der Waals surface area contributed by atoms with Crippen LogP contribution in [-0.4, -0.2) is 17.1 Å². The average Bonchev–Trinajstić information content (AvgIpc) is 2.34. The topological polar surface area (TPSA) is 36.7 Å². The highest BCUT2D eigenvalue weighted by Gasteiger charge is 2.74. The standard InChI is InChI=1S/C11H4F10N2/c1-4-5(3-22)6(9(14,15)16)2-7(23-4)8(12,13)10(17,18)11(19,20)21/h2H,1H3. The minimum atomic E-state index is -6.72. The molecule has 128 valence electrons. The van der Waals surface area contributed by atoms with E-state index in [0.29, 0.717) is 6.92 Å². The van der Waals surface area contributed by atoms with Gasteiger partial charge in [-0.3, -0.25) is 4.98 Å². The van der Waals surface area contributed by atoms with E-state index in [2.05, 4.69) is 4.98 Å². The Bertz CT molecular complexity index is 650. The zero-order valence-electron chi connectivity index (χ0n) is 10.8. The number of aryl methyl sites for hydroxylation is 1. The van der Waals surface area contributed by atoms with E-state index in [9.17, 15) is 43.9 Å². The van der Waals surface area contributed by atoms with E-state index in [4.69, 9.17) is 5.26 Å². The van der Waals surface area contributed by atoms with Crippen LogP contribution in [0.5, 0.6) is 0 Å². The van der Waals surface area contributed by atoms with Crippen LogP contribution in [-0.2, 0) is 12.1 Å². The SMILES string of the molecule is Cc1nc(C(F)(F)C(F)(F)C(F)(F)F)cc(C(F)(F)F)c1C#N. The highest BCUT2D eigenvalue weighted by molar-refractivity contribution is 5.44. The van der Waals surface area contributed by atoms with Gasteiger partial charge in [-0.2, -0.15) is 49.2 Å². The summed E-state index contributed by atoms with van der Waals surface area (Å²) in [7, 11) is 0. The van der Waals surface area contributed by atoms with Gasteiger partial charge in [0.25, 0.3) is 0 Å². The van der Waals surface area contributed by atoms with Crippen molar-refractivity contribution in [1.29, 1.82) is 5.26 Å². The van der Waals surface area contributed by atoms with Crippen molar-refractivity contribution < 1.29 is 43.9 Å². The number of aromatic nitrogens is 1. The smallest absolute Gasteiger partial charge is 0.250 e. The van der Waals surface area contributed by atoms with E-state index in [0.717, 1.165) is 6.07 Å². The average molecular weight is 354 g/mol. The largest absolute Gasteiger partial charge is 0.460 e. The van der Waals surface area contributed by atoms with Crippen LogP contribution < -0.4 is 0 Å². The molecule has 12 heteroatoms. The van der Waals surface area contributed by atoms with E-state index in [-0.39, 0.29) is 0 Å². The minimum absolute atomic E-state index is 0.596. The summed E-state index contributed by atoms with van der Waals surface area (Å²) in [6.45, 7) is 0.596. The quantitative estimate of drug-likeness (QED) is 0.730. The van der Waals surface area contributed by atoms with Crippen molar-refractivity contribution in [2.45, 2.75) is 31.1 Å². The molecule has 2 nitrogen and oxygen atoms in total. The van der Waals surface area contributed by atoms with Gasteiger partial charge in [-0.1, -0.05) is 0 Å². The van der Waals surface area contributed by atoms with Crippen LogP contribution in [0.25, 0.3) is 0 Å². The molecule has 0 aliphatic rings. The third-order valence-electron chi connectivity index (χ3n) is 2.69. The van der Waals surface area contributed by atoms with Crippen LogP contribution in [0.1, 0.15) is 22.5 Å². The molecule has 1 heterocycles. The Labute approximate surface area is 121 Å². The lowest BCUT2D eigenvalue weighted by Crippen LogP contribution is -2.50. The lowest BCUT2D eigenvalue weighted by Gasteiger charge is -2.28. The first kappa shape index (κ1) is 19.0. The van der Waals surface area contributed by atoms with Gasteiger partial charge in [0, 0.05) is 0 Å². The zero-order valence-corrected chi connectivity index (χ0v) is 10.8. The Morgan fingerprint density at radius 2 is 1.43 bits per heavy atom. The molecule has 0 saturated heterocycles. The summed E-state index contributed by atoms with van der Waals surface area (Å²) in [4.78, 5) is 2.62. The van der Waals surface area contributed by atoms with Crippen LogP contribution in [0, 0.1) is 18.3 Å². The molecule has 0 aliphatic heterocycles. The second-order valence-corrected chi connectivity index (χ2v) is 4.27. The number of nitrogens with zero attached hydrogens (tertiary/aromatic N) is 2. The molecule has 1 rings (SSSR count). The van der Waals surface area contributed by atoms with Crippen molar-refractivity contribution in [2.75, 3.05) is 0 Å². The highest BCUT2D eigenvalue weighted by Crippen LogP contribution is 2.52. The Morgan fingerprint density at radius 3 is 1.78 bits per heavy atom. The van der Waals surface area contributed by atoms with Crippen LogP contribution >= 0.6 is 0 Å². The predicted octanol–water partition coefficient (Wildman–Crippen LogP) is 4.57. The Kier molecular flexibility index (Phi) is 4.33. The molecule has 0 aliphatic carbocycles. The maximum atomic E-state index is 13.4. The minimum Gasteiger partial charge on any atom is -0.250 e. The fourth-order valence-electron chi connectivity index (χ4n) is 1.54. The molecule has 0 bridgehead atoms. The van der Waals surface area contributed by atoms with E-state index >= 15 is 0 Å². The number of hydrogen-bond donors (Lipinski definition) is 0. The number of nitriles is 1. The molecule has 0 saturated carbocycles. The van der Waals surface area contributed by atoms with Gasteiger partial charge in [0.05, 0.1) is 16.8 Å². The molecule has 0 radical (unpaired) electrons. The summed E-state index contributed by atoms with van der Waals surface area (Å²) >= 11 is 0. The number of rotatable bonds is 2. The number of pyridine rings is 1. The summed E-state index contributed by atoms with van der Waals surface area (Å²) < 4.78 is 127. The van der Waals surface area contributed by atoms with E-state index in [1.165, 1.54) is 0 Å². The molecular formula is C11H4F10N2. The summed E-state index contributed by atoms with van der Waals surface area (Å²) in [5.74, 6) is -12.7. The summed E-state index contributed by atoms with van der Waals surface area (Å²) in [5, 5.41) is 8.54. The van der Waals surface area contributed by atoms with Gasteiger partial charge in [-0.25, -0.2) is 0 Å². The molecule has 23 heavy (non-hydrogen) atoms. The monoisotopic (exact) mass is 354 g/mol. The Hall–Kier alpha value is -2.06. The van der Waals surface area contributed by atoms with Crippen molar-refractivity contribution in [2.24, 2.45) is 0 Å². The molecule has 0 N–H and O–H groups in total. The van der Waals surface area contributed by atoms with Crippen molar-refractivity contribution >= 4 is 0 Å². The molecule has 1 aromatic rings. The molecule has 0 fully saturated rings. The van der Waals surface area contributed by atoms with Gasteiger partial charge in [0.2, 0.25) is 0 Å². The van der Waals surface area contributed by atoms with Gasteiger partial charge < -0.3 is 0 Å². The maximum absolute atomic E-state index is 13.4. The molecule has 0 amide bonds. The number of alkyl halides is 10. The van der Waals surface area contributed by atoms with Crippen LogP contribution in [0.2, 0.25) is 0 Å². The second-order valence-electron chi connectivity index (χ2n) is 4.27. The normalized spacial score (nSPS) is 13.8. The van der Waals surface area contributed by atoms with E-state index in [1.807, 2.05) is 0 Å². The Morgan fingerprint density at radius 1 is 0.957 bits per heavy atom. The zero-order chi connectivity index (χ0) is 18.4. The molecule has 0 spiro atoms. The molecule has 0 aromatic carbocycles. The van der Waals surface area contributed by atoms with E-state index < -0.39 is 52.8 Å². The van der Waals surface area contributed by atoms with Crippen LogP contribution in [0.15, 0.2) is 6.07 Å². The first-order chi connectivity index (χ1) is 10.1. The number of hydrogen-bond acceptors (Lipinski definition) is 2. The molecular weight excluding hydrogens is 350 g/mol. The predicted molar refractivity (Wildman–Crippen MR) is 53.6 cm³/mol. The summed E-state index contributed by atoms with van der Waals surface area (Å²) in [6, 6.07) is 0.292. The fourth-order valence-corrected chi connectivity index (χ4v) is 1.54. The van der Waals surface area contributed by atoms with Crippen LogP contribution in [0.3, 0.4) is 0 Å². The molecule has 1 aromatic heterocycles. The van der Waals surface area contributed by atoms with Gasteiger partial charge in [-0.05, 0) is 13.0 Å².